The van der Waals surface area contributed by atoms with Crippen LogP contribution < -0.4 is 20.4 Å². The van der Waals surface area contributed by atoms with Crippen LogP contribution in [-0.2, 0) is 4.57 Å². The minimum absolute atomic E-state index is 0.251. The maximum Gasteiger partial charge on any atom is 0.205 e. The molecule has 4 rings (SSSR count). The van der Waals surface area contributed by atoms with Gasteiger partial charge in [0.25, 0.3) is 0 Å². The number of ketones is 1. The van der Waals surface area contributed by atoms with Crippen molar-refractivity contribution in [2.24, 2.45) is 0 Å². The molecule has 0 unspecified atom stereocenters. The average Bonchev–Trinajstić information content (AvgIpc) is 2.92. The van der Waals surface area contributed by atoms with Gasteiger partial charge in [-0.05, 0) is 54.1 Å². The summed E-state index contributed by atoms with van der Waals surface area (Å²) >= 11 is 3.43. The lowest BCUT2D eigenvalue weighted by Crippen LogP contribution is -2.40. The minimum atomic E-state index is -3.47. The van der Waals surface area contributed by atoms with E-state index in [0.29, 0.717) is 21.9 Å². The van der Waals surface area contributed by atoms with Crippen molar-refractivity contribution in [3.05, 3.63) is 125 Å². The predicted octanol–water partition coefficient (Wildman–Crippen LogP) is 5.26. The fraction of sp³-hybridized carbons (Fsp3) is 0.107. The van der Waals surface area contributed by atoms with Crippen molar-refractivity contribution < 1.29 is 19.2 Å². The second-order valence-electron chi connectivity index (χ2n) is 7.95. The number of benzene rings is 4. The number of Topliss-reactive ketones (excluding diaryl/α,β-unsaturated/α-hetero) is 1. The van der Waals surface area contributed by atoms with Crippen LogP contribution in [-0.4, -0.2) is 24.1 Å². The number of carbonyl (C=O) groups excluding carboxylic acids is 1. The van der Waals surface area contributed by atoms with Crippen LogP contribution in [0.5, 0.6) is 5.75 Å². The van der Waals surface area contributed by atoms with Crippen LogP contribution in [0.4, 0.5) is 0 Å². The molecule has 0 aliphatic carbocycles. The molecule has 35 heavy (non-hydrogen) atoms. The fourth-order valence-electron chi connectivity index (χ4n) is 3.93. The summed E-state index contributed by atoms with van der Waals surface area (Å²) in [4.78, 5) is 13.5. The first kappa shape index (κ1) is 25.1. The van der Waals surface area contributed by atoms with Gasteiger partial charge in [-0.15, -0.1) is 0 Å². The van der Waals surface area contributed by atoms with Crippen molar-refractivity contribution in [2.75, 3.05) is 7.11 Å². The monoisotopic (exact) mass is 549 g/mol. The summed E-state index contributed by atoms with van der Waals surface area (Å²) < 4.78 is 20.9. The molecular formula is C28H25BrNO4P. The zero-order valence-corrected chi connectivity index (χ0v) is 21.5. The van der Waals surface area contributed by atoms with E-state index in [4.69, 9.17) is 4.74 Å². The lowest BCUT2D eigenvalue weighted by atomic mass is 9.95. The van der Waals surface area contributed by atoms with Crippen molar-refractivity contribution in [3.63, 3.8) is 0 Å². The van der Waals surface area contributed by atoms with Crippen LogP contribution in [0.2, 0.25) is 0 Å². The van der Waals surface area contributed by atoms with Crippen molar-refractivity contribution in [1.29, 1.82) is 0 Å². The van der Waals surface area contributed by atoms with E-state index in [1.165, 1.54) is 7.11 Å². The molecule has 0 aliphatic rings. The van der Waals surface area contributed by atoms with Crippen molar-refractivity contribution in [2.45, 2.75) is 12.1 Å². The Balaban J connectivity index is 1.82. The number of rotatable bonds is 9. The molecule has 5 nitrogen and oxygen atoms in total. The molecule has 7 heteroatoms. The Morgan fingerprint density at radius 3 is 1.89 bits per heavy atom. The predicted molar refractivity (Wildman–Crippen MR) is 143 cm³/mol. The first-order valence-electron chi connectivity index (χ1n) is 11.0. The largest absolute Gasteiger partial charge is 0.496 e. The molecule has 0 saturated heterocycles. The maximum absolute atomic E-state index is 14.7. The van der Waals surface area contributed by atoms with Crippen molar-refractivity contribution in [1.82, 2.24) is 5.09 Å². The Labute approximate surface area is 213 Å². The summed E-state index contributed by atoms with van der Waals surface area (Å²) in [5, 5.41) is 15.8. The van der Waals surface area contributed by atoms with Gasteiger partial charge >= 0.3 is 0 Å². The molecule has 0 bridgehead atoms. The third-order valence-corrected chi connectivity index (χ3v) is 8.97. The van der Waals surface area contributed by atoms with Crippen LogP contribution in [0.15, 0.2) is 114 Å². The number of hydrogen-bond donors (Lipinski definition) is 2. The van der Waals surface area contributed by atoms with Gasteiger partial charge in [-0.25, -0.2) is 5.09 Å². The Kier molecular flexibility index (Phi) is 7.99. The first-order valence-corrected chi connectivity index (χ1v) is 13.5. The number of para-hydroxylation sites is 1. The Morgan fingerprint density at radius 1 is 0.829 bits per heavy atom. The lowest BCUT2D eigenvalue weighted by Gasteiger charge is -2.30. The number of carbonyl (C=O) groups is 1. The van der Waals surface area contributed by atoms with Gasteiger partial charge in [-0.1, -0.05) is 76.6 Å². The van der Waals surface area contributed by atoms with E-state index in [1.54, 1.807) is 60.7 Å². The van der Waals surface area contributed by atoms with Gasteiger partial charge in [-0.2, -0.15) is 0 Å². The number of ether oxygens (including phenoxy) is 1. The summed E-state index contributed by atoms with van der Waals surface area (Å²) in [6.07, 6.45) is -1.53. The second kappa shape index (κ2) is 11.1. The molecule has 0 aromatic heterocycles. The maximum atomic E-state index is 14.7. The summed E-state index contributed by atoms with van der Waals surface area (Å²) in [5.74, 6) is -0.170. The molecule has 2 atom stereocenters. The van der Waals surface area contributed by atoms with Crippen LogP contribution in [0.25, 0.3) is 0 Å². The van der Waals surface area contributed by atoms with E-state index in [0.717, 1.165) is 4.47 Å². The zero-order valence-electron chi connectivity index (χ0n) is 19.0. The zero-order chi connectivity index (χ0) is 24.8. The molecule has 0 fully saturated rings. The highest BCUT2D eigenvalue weighted by Crippen LogP contribution is 2.43. The number of nitrogens with one attached hydrogen (secondary N) is 1. The molecule has 0 saturated carbocycles. The molecule has 4 aromatic rings. The molecule has 4 aromatic carbocycles. The number of aliphatic hydroxyl groups excluding tert-OH is 1. The number of aliphatic hydroxyl groups is 1. The summed E-state index contributed by atoms with van der Waals surface area (Å²) in [5.41, 5.74) is 0.872. The molecule has 178 valence electrons. The highest BCUT2D eigenvalue weighted by Gasteiger charge is 2.37. The minimum Gasteiger partial charge on any atom is -0.496 e. The molecule has 0 amide bonds. The van der Waals surface area contributed by atoms with Gasteiger partial charge in [0, 0.05) is 15.1 Å². The SMILES string of the molecule is COc1ccccc1C(=O)[C@H](O)[C@H](NP(=O)(c1ccccc1)c1ccccc1)c1ccc(Br)cc1. The van der Waals surface area contributed by atoms with E-state index in [2.05, 4.69) is 21.0 Å². The molecular weight excluding hydrogens is 525 g/mol. The first-order chi connectivity index (χ1) is 16.9. The van der Waals surface area contributed by atoms with Gasteiger partial charge in [0.15, 0.2) is 5.78 Å². The third-order valence-electron chi connectivity index (χ3n) is 5.75. The normalized spacial score (nSPS) is 13.1. The topological polar surface area (TPSA) is 75.6 Å². The fourth-order valence-corrected chi connectivity index (χ4v) is 6.65. The average molecular weight is 550 g/mol. The van der Waals surface area contributed by atoms with E-state index < -0.39 is 25.2 Å². The van der Waals surface area contributed by atoms with E-state index in [-0.39, 0.29) is 5.56 Å². The lowest BCUT2D eigenvalue weighted by molar-refractivity contribution is 0.0675. The Bertz CT molecular complexity index is 1290. The molecule has 0 heterocycles. The third kappa shape index (κ3) is 5.47. The van der Waals surface area contributed by atoms with Gasteiger partial charge in [0.05, 0.1) is 18.7 Å². The van der Waals surface area contributed by atoms with Gasteiger partial charge in [0.2, 0.25) is 7.29 Å². The van der Waals surface area contributed by atoms with Crippen molar-refractivity contribution in [3.8, 4) is 5.75 Å². The summed E-state index contributed by atoms with van der Waals surface area (Å²) in [6, 6.07) is 31.1. The molecule has 2 N–H and O–H groups in total. The summed E-state index contributed by atoms with van der Waals surface area (Å²) in [7, 11) is -1.99. The van der Waals surface area contributed by atoms with Crippen LogP contribution >= 0.6 is 23.2 Å². The molecule has 0 spiro atoms. The highest BCUT2D eigenvalue weighted by atomic mass is 79.9. The number of halogens is 1. The Hall–Kier alpha value is -3.02. The Morgan fingerprint density at radius 2 is 1.34 bits per heavy atom. The highest BCUT2D eigenvalue weighted by molar-refractivity contribution is 9.10. The summed E-state index contributed by atoms with van der Waals surface area (Å²) in [6.45, 7) is 0. The molecule has 0 aliphatic heterocycles. The molecule has 0 radical (unpaired) electrons. The van der Waals surface area contributed by atoms with Crippen LogP contribution in [0.3, 0.4) is 0 Å². The number of hydrogen-bond acceptors (Lipinski definition) is 4. The van der Waals surface area contributed by atoms with Gasteiger partial charge in [0.1, 0.15) is 11.9 Å². The van der Waals surface area contributed by atoms with E-state index in [1.807, 2.05) is 48.5 Å². The number of methoxy groups -OCH3 is 1. The smallest absolute Gasteiger partial charge is 0.205 e. The van der Waals surface area contributed by atoms with Gasteiger partial charge in [-0.3, -0.25) is 9.36 Å². The van der Waals surface area contributed by atoms with Crippen LogP contribution in [0.1, 0.15) is 22.0 Å². The van der Waals surface area contributed by atoms with E-state index >= 15 is 0 Å². The van der Waals surface area contributed by atoms with E-state index in [9.17, 15) is 14.5 Å². The van der Waals surface area contributed by atoms with Crippen LogP contribution in [0, 0.1) is 0 Å². The standard InChI is InChI=1S/C28H25BrNO4P/c1-34-25-15-9-8-14-24(25)27(31)28(32)26(20-16-18-21(29)19-17-20)30-35(33,22-10-4-2-5-11-22)23-12-6-3-7-13-23/h2-19,26,28,32H,1H3,(H,30,33)/t26-,28-/m1/s1. The van der Waals surface area contributed by atoms with Crippen molar-refractivity contribution >= 4 is 39.6 Å². The quantitative estimate of drug-likeness (QED) is 0.220. The second-order valence-corrected chi connectivity index (χ2v) is 11.4. The van der Waals surface area contributed by atoms with Gasteiger partial charge < -0.3 is 9.84 Å².